The summed E-state index contributed by atoms with van der Waals surface area (Å²) in [7, 11) is -4.00. The minimum Gasteiger partial charge on any atom is -0.490 e. The molecule has 0 radical (unpaired) electrons. The second kappa shape index (κ2) is 9.91. The first-order valence-corrected chi connectivity index (χ1v) is 11.7. The molecule has 3 aromatic carbocycles. The number of rotatable bonds is 8. The van der Waals surface area contributed by atoms with Crippen LogP contribution in [0.5, 0.6) is 11.5 Å². The van der Waals surface area contributed by atoms with Gasteiger partial charge in [0.05, 0.1) is 16.8 Å². The third-order valence-corrected chi connectivity index (χ3v) is 6.09. The zero-order chi connectivity index (χ0) is 21.6. The Kier molecular flexibility index (Phi) is 7.29. The Morgan fingerprint density at radius 3 is 2.33 bits per heavy atom. The molecule has 3 aromatic rings. The molecule has 0 atom stereocenters. The molecule has 30 heavy (non-hydrogen) atoms. The van der Waals surface area contributed by atoms with Gasteiger partial charge in [0.25, 0.3) is 0 Å². The highest BCUT2D eigenvalue weighted by Crippen LogP contribution is 2.38. The smallest absolute Gasteiger partial charge is 0.339 e. The summed E-state index contributed by atoms with van der Waals surface area (Å²) in [6.45, 7) is 4.28. The van der Waals surface area contributed by atoms with Crippen molar-refractivity contribution in [1.29, 1.82) is 0 Å². The van der Waals surface area contributed by atoms with Crippen LogP contribution < -0.4 is 8.92 Å². The molecule has 0 aliphatic rings. The zero-order valence-corrected chi connectivity index (χ0v) is 19.1. The average molecular weight is 488 g/mol. The fraction of sp³-hybridized carbons (Fsp3) is 0.174. The van der Waals surface area contributed by atoms with Crippen LogP contribution in [-0.2, 0) is 16.5 Å². The van der Waals surface area contributed by atoms with Gasteiger partial charge in [0, 0.05) is 6.21 Å². The van der Waals surface area contributed by atoms with E-state index in [1.165, 1.54) is 17.7 Å². The fourth-order valence-corrected chi connectivity index (χ4v) is 4.34. The van der Waals surface area contributed by atoms with Crippen molar-refractivity contribution in [2.75, 3.05) is 6.61 Å². The van der Waals surface area contributed by atoms with Gasteiger partial charge in [0.1, 0.15) is 4.90 Å². The van der Waals surface area contributed by atoms with E-state index in [-0.39, 0.29) is 10.6 Å². The number of halogens is 1. The standard InChI is InChI=1S/C23H22BrNO4S/c1-3-17-10-12-19(13-11-17)25-16-18-14-21(24)23(22(15-18)28-4-2)29-30(26,27)20-8-6-5-7-9-20/h5-16H,3-4H2,1-2H3. The molecule has 0 heterocycles. The van der Waals surface area contributed by atoms with Crippen LogP contribution in [0.1, 0.15) is 25.0 Å². The monoisotopic (exact) mass is 487 g/mol. The molecule has 0 fully saturated rings. The first-order valence-electron chi connectivity index (χ1n) is 9.52. The van der Waals surface area contributed by atoms with Crippen molar-refractivity contribution in [3.05, 3.63) is 82.3 Å². The lowest BCUT2D eigenvalue weighted by molar-refractivity contribution is 0.327. The largest absolute Gasteiger partial charge is 0.490 e. The maximum absolute atomic E-state index is 12.6. The Balaban J connectivity index is 1.91. The lowest BCUT2D eigenvalue weighted by atomic mass is 10.1. The maximum atomic E-state index is 12.6. The van der Waals surface area contributed by atoms with Gasteiger partial charge in [-0.3, -0.25) is 4.99 Å². The van der Waals surface area contributed by atoms with Crippen molar-refractivity contribution < 1.29 is 17.3 Å². The highest BCUT2D eigenvalue weighted by atomic mass is 79.9. The number of aryl methyl sites for hydroxylation is 1. The van der Waals surface area contributed by atoms with Gasteiger partial charge in [0.15, 0.2) is 11.5 Å². The molecule has 7 heteroatoms. The van der Waals surface area contributed by atoms with Crippen LogP contribution >= 0.6 is 15.9 Å². The van der Waals surface area contributed by atoms with Crippen LogP contribution in [0, 0.1) is 0 Å². The minimum absolute atomic E-state index is 0.0699. The van der Waals surface area contributed by atoms with Gasteiger partial charge in [-0.1, -0.05) is 37.3 Å². The van der Waals surface area contributed by atoms with Crippen molar-refractivity contribution in [3.8, 4) is 11.5 Å². The molecule has 0 unspecified atom stereocenters. The molecule has 5 nitrogen and oxygen atoms in total. The first-order chi connectivity index (χ1) is 14.4. The Labute approximate surface area is 185 Å². The van der Waals surface area contributed by atoms with E-state index in [1.807, 2.05) is 31.2 Å². The van der Waals surface area contributed by atoms with Gasteiger partial charge in [-0.15, -0.1) is 0 Å². The molecule has 0 saturated heterocycles. The van der Waals surface area contributed by atoms with Crippen LogP contribution in [0.2, 0.25) is 0 Å². The SMILES string of the molecule is CCOc1cc(C=Nc2ccc(CC)cc2)cc(Br)c1OS(=O)(=O)c1ccccc1. The van der Waals surface area contributed by atoms with E-state index in [1.54, 1.807) is 36.5 Å². The number of hydrogen-bond acceptors (Lipinski definition) is 5. The molecule has 156 valence electrons. The van der Waals surface area contributed by atoms with Crippen LogP contribution in [0.4, 0.5) is 5.69 Å². The number of hydrogen-bond donors (Lipinski definition) is 0. The van der Waals surface area contributed by atoms with E-state index < -0.39 is 10.1 Å². The molecule has 0 amide bonds. The third kappa shape index (κ3) is 5.49. The summed E-state index contributed by atoms with van der Waals surface area (Å²) in [6, 6.07) is 19.4. The molecular formula is C23H22BrNO4S. The lowest BCUT2D eigenvalue weighted by Crippen LogP contribution is -2.11. The second-order valence-corrected chi connectivity index (χ2v) is 8.79. The number of ether oxygens (including phenoxy) is 1. The highest BCUT2D eigenvalue weighted by molar-refractivity contribution is 9.10. The van der Waals surface area contributed by atoms with Gasteiger partial charge in [-0.2, -0.15) is 8.42 Å². The normalized spacial score (nSPS) is 11.6. The summed E-state index contributed by atoms with van der Waals surface area (Å²) in [5.41, 5.74) is 2.82. The molecule has 0 aliphatic carbocycles. The zero-order valence-electron chi connectivity index (χ0n) is 16.7. The van der Waals surface area contributed by atoms with E-state index in [0.717, 1.165) is 17.7 Å². The molecule has 3 rings (SSSR count). The molecule has 0 N–H and O–H groups in total. The summed E-state index contributed by atoms with van der Waals surface area (Å²) in [5, 5.41) is 0. The van der Waals surface area contributed by atoms with Gasteiger partial charge in [0.2, 0.25) is 0 Å². The van der Waals surface area contributed by atoms with Gasteiger partial charge in [-0.25, -0.2) is 0 Å². The van der Waals surface area contributed by atoms with Crippen molar-refractivity contribution in [3.63, 3.8) is 0 Å². The Morgan fingerprint density at radius 1 is 1.00 bits per heavy atom. The van der Waals surface area contributed by atoms with Crippen LogP contribution in [-0.4, -0.2) is 21.2 Å². The Bertz CT molecular complexity index is 1130. The average Bonchev–Trinajstić information content (AvgIpc) is 2.76. The van der Waals surface area contributed by atoms with Crippen LogP contribution in [0.3, 0.4) is 0 Å². The molecule has 0 spiro atoms. The summed E-state index contributed by atoms with van der Waals surface area (Å²) < 4.78 is 36.8. The molecule has 0 aliphatic heterocycles. The summed E-state index contributed by atoms with van der Waals surface area (Å²) in [6.07, 6.45) is 2.67. The fourth-order valence-electron chi connectivity index (χ4n) is 2.72. The molecule has 0 bridgehead atoms. The van der Waals surface area contributed by atoms with Crippen molar-refractivity contribution >= 4 is 38.0 Å². The second-order valence-electron chi connectivity index (χ2n) is 6.39. The predicted molar refractivity (Wildman–Crippen MR) is 123 cm³/mol. The molecule has 0 aromatic heterocycles. The topological polar surface area (TPSA) is 65.0 Å². The predicted octanol–water partition coefficient (Wildman–Crippen LogP) is 5.93. The van der Waals surface area contributed by atoms with Crippen LogP contribution in [0.15, 0.2) is 81.1 Å². The highest BCUT2D eigenvalue weighted by Gasteiger charge is 2.21. The van der Waals surface area contributed by atoms with Gasteiger partial charge < -0.3 is 8.92 Å². The number of aliphatic imine (C=N–C) groups is 1. The lowest BCUT2D eigenvalue weighted by Gasteiger charge is -2.14. The van der Waals surface area contributed by atoms with Gasteiger partial charge in [-0.05, 0) is 76.8 Å². The summed E-state index contributed by atoms with van der Waals surface area (Å²) in [4.78, 5) is 4.56. The Morgan fingerprint density at radius 2 is 1.70 bits per heavy atom. The van der Waals surface area contributed by atoms with E-state index in [2.05, 4.69) is 27.8 Å². The van der Waals surface area contributed by atoms with Crippen molar-refractivity contribution in [2.24, 2.45) is 4.99 Å². The summed E-state index contributed by atoms with van der Waals surface area (Å²) >= 11 is 3.41. The molecular weight excluding hydrogens is 466 g/mol. The first kappa shape index (κ1) is 22.1. The van der Waals surface area contributed by atoms with E-state index in [0.29, 0.717) is 16.8 Å². The van der Waals surface area contributed by atoms with Crippen molar-refractivity contribution in [1.82, 2.24) is 0 Å². The third-order valence-electron chi connectivity index (χ3n) is 4.26. The van der Waals surface area contributed by atoms with E-state index in [9.17, 15) is 8.42 Å². The van der Waals surface area contributed by atoms with Gasteiger partial charge >= 0.3 is 10.1 Å². The summed E-state index contributed by atoms with van der Waals surface area (Å²) in [5.74, 6) is 0.416. The molecule has 0 saturated carbocycles. The Hall–Kier alpha value is -2.64. The minimum atomic E-state index is -4.00. The quantitative estimate of drug-likeness (QED) is 0.291. The van der Waals surface area contributed by atoms with E-state index >= 15 is 0 Å². The van der Waals surface area contributed by atoms with E-state index in [4.69, 9.17) is 8.92 Å². The number of nitrogens with zero attached hydrogens (tertiary/aromatic N) is 1. The number of benzene rings is 3. The van der Waals surface area contributed by atoms with Crippen molar-refractivity contribution in [2.45, 2.75) is 25.2 Å². The maximum Gasteiger partial charge on any atom is 0.339 e. The van der Waals surface area contributed by atoms with Crippen LogP contribution in [0.25, 0.3) is 0 Å².